The molecule has 0 unspecified atom stereocenters. The number of rotatable bonds is 5. The molecule has 1 heterocycles. The summed E-state index contributed by atoms with van der Waals surface area (Å²) in [4.78, 5) is 12.5. The Morgan fingerprint density at radius 3 is 2.54 bits per heavy atom. The van der Waals surface area contributed by atoms with Crippen molar-refractivity contribution in [1.82, 2.24) is 4.31 Å². The lowest BCUT2D eigenvalue weighted by Gasteiger charge is -2.26. The maximum Gasteiger partial charge on any atom is 0.243 e. The van der Waals surface area contributed by atoms with Crippen LogP contribution in [-0.2, 0) is 14.8 Å². The number of hydrogen-bond donors (Lipinski definition) is 2. The Balaban J connectivity index is 0.00000243. The minimum Gasteiger partial charge on any atom is -0.327 e. The van der Waals surface area contributed by atoms with E-state index in [1.54, 1.807) is 24.3 Å². The first kappa shape index (κ1) is 21.2. The quantitative estimate of drug-likeness (QED) is 0.793. The van der Waals surface area contributed by atoms with E-state index in [-0.39, 0.29) is 35.2 Å². The van der Waals surface area contributed by atoms with Crippen molar-refractivity contribution in [2.24, 2.45) is 11.7 Å². The molecule has 2 atom stereocenters. The molecule has 1 saturated carbocycles. The van der Waals surface area contributed by atoms with Crippen molar-refractivity contribution in [2.45, 2.75) is 55.9 Å². The molecule has 26 heavy (non-hydrogen) atoms. The standard InChI is InChI=1S/C18H27N3O3S.ClH/c19-17-9-4-6-14(17)12-18(22)20-15-7-5-8-16(13-15)25(23,24)21-10-2-1-3-11-21;/h5,7-8,13-14,17H,1-4,6,9-12,19H2,(H,20,22);1H/t14-,17+;/m0./s1. The summed E-state index contributed by atoms with van der Waals surface area (Å²) in [7, 11) is -3.49. The zero-order chi connectivity index (χ0) is 17.9. The van der Waals surface area contributed by atoms with Crippen LogP contribution in [0, 0.1) is 5.92 Å². The highest BCUT2D eigenvalue weighted by Gasteiger charge is 2.27. The van der Waals surface area contributed by atoms with E-state index >= 15 is 0 Å². The number of nitrogens with one attached hydrogen (secondary N) is 1. The Morgan fingerprint density at radius 2 is 1.88 bits per heavy atom. The van der Waals surface area contributed by atoms with Crippen molar-refractivity contribution in [1.29, 1.82) is 0 Å². The Morgan fingerprint density at radius 1 is 1.15 bits per heavy atom. The van der Waals surface area contributed by atoms with E-state index in [1.165, 1.54) is 4.31 Å². The number of carbonyl (C=O) groups excluding carboxylic acids is 1. The van der Waals surface area contributed by atoms with Crippen LogP contribution in [0.2, 0.25) is 0 Å². The highest BCUT2D eigenvalue weighted by Crippen LogP contribution is 2.27. The number of carbonyl (C=O) groups is 1. The number of anilines is 1. The lowest BCUT2D eigenvalue weighted by molar-refractivity contribution is -0.117. The smallest absolute Gasteiger partial charge is 0.243 e. The minimum atomic E-state index is -3.49. The van der Waals surface area contributed by atoms with Gasteiger partial charge in [-0.05, 0) is 49.8 Å². The molecule has 1 aliphatic carbocycles. The average Bonchev–Trinajstić information content (AvgIpc) is 3.00. The zero-order valence-electron chi connectivity index (χ0n) is 14.9. The topological polar surface area (TPSA) is 92.5 Å². The molecule has 8 heteroatoms. The summed E-state index contributed by atoms with van der Waals surface area (Å²) in [5.41, 5.74) is 6.54. The van der Waals surface area contributed by atoms with Gasteiger partial charge in [-0.1, -0.05) is 18.9 Å². The van der Waals surface area contributed by atoms with Gasteiger partial charge in [0.2, 0.25) is 15.9 Å². The van der Waals surface area contributed by atoms with E-state index in [9.17, 15) is 13.2 Å². The van der Waals surface area contributed by atoms with Gasteiger partial charge in [0.15, 0.2) is 0 Å². The molecule has 1 amide bonds. The van der Waals surface area contributed by atoms with Gasteiger partial charge in [-0.2, -0.15) is 4.31 Å². The second kappa shape index (κ2) is 9.17. The van der Waals surface area contributed by atoms with Crippen LogP contribution in [0.1, 0.15) is 44.9 Å². The summed E-state index contributed by atoms with van der Waals surface area (Å²) >= 11 is 0. The second-order valence-corrected chi connectivity index (χ2v) is 9.04. The zero-order valence-corrected chi connectivity index (χ0v) is 16.5. The summed E-state index contributed by atoms with van der Waals surface area (Å²) < 4.78 is 27.0. The minimum absolute atomic E-state index is 0. The maximum absolute atomic E-state index is 12.7. The molecule has 3 N–H and O–H groups in total. The number of piperidine rings is 1. The lowest BCUT2D eigenvalue weighted by atomic mass is 10.00. The van der Waals surface area contributed by atoms with Crippen molar-refractivity contribution in [3.8, 4) is 0 Å². The van der Waals surface area contributed by atoms with Crippen molar-refractivity contribution in [3.05, 3.63) is 24.3 Å². The van der Waals surface area contributed by atoms with Gasteiger partial charge in [0.05, 0.1) is 4.90 Å². The summed E-state index contributed by atoms with van der Waals surface area (Å²) in [6, 6.07) is 6.63. The molecule has 146 valence electrons. The summed E-state index contributed by atoms with van der Waals surface area (Å²) in [5, 5.41) is 2.83. The SMILES string of the molecule is Cl.N[C@@H]1CCC[C@H]1CC(=O)Nc1cccc(S(=O)(=O)N2CCCCC2)c1. The molecule has 1 aliphatic heterocycles. The maximum atomic E-state index is 12.7. The molecule has 1 aromatic carbocycles. The molecule has 0 aromatic heterocycles. The molecule has 6 nitrogen and oxygen atoms in total. The third kappa shape index (κ3) is 4.97. The third-order valence-corrected chi connectivity index (χ3v) is 7.13. The first-order valence-corrected chi connectivity index (χ1v) is 10.6. The van der Waals surface area contributed by atoms with Crippen molar-refractivity contribution in [3.63, 3.8) is 0 Å². The molecule has 2 aliphatic rings. The first-order chi connectivity index (χ1) is 12.0. The molecule has 1 saturated heterocycles. The van der Waals surface area contributed by atoms with Crippen molar-refractivity contribution < 1.29 is 13.2 Å². The van der Waals surface area contributed by atoms with Gasteiger partial charge in [0.25, 0.3) is 0 Å². The van der Waals surface area contributed by atoms with E-state index in [2.05, 4.69) is 5.32 Å². The number of nitrogens with zero attached hydrogens (tertiary/aromatic N) is 1. The Kier molecular flexibility index (Phi) is 7.46. The largest absolute Gasteiger partial charge is 0.327 e. The average molecular weight is 402 g/mol. The van der Waals surface area contributed by atoms with Crippen LogP contribution in [0.5, 0.6) is 0 Å². The van der Waals surface area contributed by atoms with Crippen LogP contribution >= 0.6 is 12.4 Å². The van der Waals surface area contributed by atoms with E-state index in [0.717, 1.165) is 38.5 Å². The molecule has 0 radical (unpaired) electrons. The number of nitrogens with two attached hydrogens (primary N) is 1. The monoisotopic (exact) mass is 401 g/mol. The number of sulfonamides is 1. The van der Waals surface area contributed by atoms with Gasteiger partial charge < -0.3 is 11.1 Å². The van der Waals surface area contributed by atoms with Crippen LogP contribution in [0.3, 0.4) is 0 Å². The molecular formula is C18H28ClN3O3S. The summed E-state index contributed by atoms with van der Waals surface area (Å²) in [6.45, 7) is 1.14. The normalized spacial score (nSPS) is 24.0. The van der Waals surface area contributed by atoms with E-state index < -0.39 is 10.0 Å². The third-order valence-electron chi connectivity index (χ3n) is 5.24. The summed E-state index contributed by atoms with van der Waals surface area (Å²) in [6.07, 6.45) is 6.30. The fourth-order valence-corrected chi connectivity index (χ4v) is 5.32. The van der Waals surface area contributed by atoms with Crippen molar-refractivity contribution in [2.75, 3.05) is 18.4 Å². The molecule has 0 spiro atoms. The predicted molar refractivity (Wildman–Crippen MR) is 105 cm³/mol. The van der Waals surface area contributed by atoms with E-state index in [1.807, 2.05) is 0 Å². The lowest BCUT2D eigenvalue weighted by Crippen LogP contribution is -2.35. The van der Waals surface area contributed by atoms with Gasteiger partial charge >= 0.3 is 0 Å². The fraction of sp³-hybridized carbons (Fsp3) is 0.611. The molecule has 1 aromatic rings. The van der Waals surface area contributed by atoms with Crippen molar-refractivity contribution >= 4 is 34.0 Å². The number of halogens is 1. The van der Waals surface area contributed by atoms with Crippen LogP contribution in [0.15, 0.2) is 29.2 Å². The highest BCUT2D eigenvalue weighted by atomic mass is 35.5. The second-order valence-electron chi connectivity index (χ2n) is 7.10. The Labute approximate surface area is 162 Å². The number of hydrogen-bond acceptors (Lipinski definition) is 4. The highest BCUT2D eigenvalue weighted by molar-refractivity contribution is 7.89. The predicted octanol–water partition coefficient (Wildman–Crippen LogP) is 2.74. The van der Waals surface area contributed by atoms with Crippen LogP contribution in [0.4, 0.5) is 5.69 Å². The fourth-order valence-electron chi connectivity index (χ4n) is 3.76. The first-order valence-electron chi connectivity index (χ1n) is 9.12. The van der Waals surface area contributed by atoms with Crippen LogP contribution < -0.4 is 11.1 Å². The molecular weight excluding hydrogens is 374 g/mol. The van der Waals surface area contributed by atoms with Crippen LogP contribution in [-0.4, -0.2) is 37.8 Å². The van der Waals surface area contributed by atoms with Gasteiger partial charge in [-0.15, -0.1) is 12.4 Å². The molecule has 2 fully saturated rings. The van der Waals surface area contributed by atoms with E-state index in [0.29, 0.717) is 25.2 Å². The Hall–Kier alpha value is -1.15. The molecule has 3 rings (SSSR count). The Bertz CT molecular complexity index is 720. The van der Waals surface area contributed by atoms with Gasteiger partial charge in [-0.25, -0.2) is 8.42 Å². The molecule has 0 bridgehead atoms. The summed E-state index contributed by atoms with van der Waals surface area (Å²) in [5.74, 6) is 0.120. The van der Waals surface area contributed by atoms with Gasteiger partial charge in [0, 0.05) is 31.2 Å². The van der Waals surface area contributed by atoms with Crippen LogP contribution in [0.25, 0.3) is 0 Å². The van der Waals surface area contributed by atoms with Gasteiger partial charge in [-0.3, -0.25) is 4.79 Å². The van der Waals surface area contributed by atoms with E-state index in [4.69, 9.17) is 5.73 Å². The van der Waals surface area contributed by atoms with Gasteiger partial charge in [0.1, 0.15) is 0 Å². The number of amides is 1. The number of benzene rings is 1.